The van der Waals surface area contributed by atoms with E-state index in [9.17, 15) is 34.1 Å². The van der Waals surface area contributed by atoms with Crippen molar-refractivity contribution < 1.29 is 38.8 Å². The average Bonchev–Trinajstić information content (AvgIpc) is 3.13. The highest BCUT2D eigenvalue weighted by molar-refractivity contribution is 6.64. The van der Waals surface area contributed by atoms with E-state index >= 15 is 0 Å². The Balaban J connectivity index is 1.46. The van der Waals surface area contributed by atoms with Crippen LogP contribution in [0.2, 0.25) is 10.4 Å². The van der Waals surface area contributed by atoms with Crippen molar-refractivity contribution in [1.82, 2.24) is 15.1 Å². The van der Waals surface area contributed by atoms with Crippen molar-refractivity contribution in [3.05, 3.63) is 64.5 Å². The normalized spacial score (nSPS) is 25.1. The summed E-state index contributed by atoms with van der Waals surface area (Å²) in [5.41, 5.74) is -3.35. The number of imide groups is 1. The van der Waals surface area contributed by atoms with E-state index in [-0.39, 0.29) is 28.3 Å². The number of nitrogens with zero attached hydrogens (tertiary/aromatic N) is 2. The minimum absolute atomic E-state index is 0.0522. The van der Waals surface area contributed by atoms with Crippen LogP contribution in [0.1, 0.15) is 27.0 Å². The molecule has 2 saturated heterocycles. The molecule has 0 bridgehead atoms. The number of halogens is 1. The van der Waals surface area contributed by atoms with E-state index in [1.165, 1.54) is 24.3 Å². The summed E-state index contributed by atoms with van der Waals surface area (Å²) in [5, 5.41) is 32.5. The zero-order valence-corrected chi connectivity index (χ0v) is 21.8. The van der Waals surface area contributed by atoms with Crippen LogP contribution in [0.5, 0.6) is 0 Å². The number of carbonyl (C=O) groups excluding carboxylic acids is 3. The van der Waals surface area contributed by atoms with E-state index in [0.29, 0.717) is 19.8 Å². The maximum absolute atomic E-state index is 14.7. The van der Waals surface area contributed by atoms with Gasteiger partial charge in [-0.25, -0.2) is 9.29 Å². The predicted molar refractivity (Wildman–Crippen MR) is 145 cm³/mol. The van der Waals surface area contributed by atoms with E-state index in [2.05, 4.69) is 10.2 Å². The monoisotopic (exact) mass is 554 g/mol. The van der Waals surface area contributed by atoms with Gasteiger partial charge in [0.2, 0.25) is 11.6 Å². The third-order valence-corrected chi connectivity index (χ3v) is 7.74. The molecule has 41 heavy (non-hydrogen) atoms. The number of aliphatic hydroxyl groups is 3. The number of hydrogen-bond acceptors (Lipinski definition) is 9. The molecule has 0 saturated carbocycles. The molecular formula is C25H23B4FN4O7. The van der Waals surface area contributed by atoms with Gasteiger partial charge in [0, 0.05) is 37.4 Å². The Labute approximate surface area is 240 Å². The molecule has 0 spiro atoms. The van der Waals surface area contributed by atoms with Crippen LogP contribution < -0.4 is 10.6 Å². The Morgan fingerprint density at radius 1 is 1.00 bits per heavy atom. The van der Waals surface area contributed by atoms with Crippen LogP contribution in [0.15, 0.2) is 36.4 Å². The number of anilines is 1. The maximum Gasteiger partial charge on any atom is 0.283 e. The number of carbonyl (C=O) groups is 3. The second-order valence-electron chi connectivity index (χ2n) is 10.4. The van der Waals surface area contributed by atoms with Gasteiger partial charge in [0.15, 0.2) is 0 Å². The van der Waals surface area contributed by atoms with Crippen molar-refractivity contribution in [3.8, 4) is 0 Å². The van der Waals surface area contributed by atoms with Gasteiger partial charge in [-0.3, -0.25) is 24.6 Å². The van der Waals surface area contributed by atoms with Crippen molar-refractivity contribution in [2.75, 3.05) is 31.6 Å². The molecule has 2 fully saturated rings. The van der Waals surface area contributed by atoms with Crippen LogP contribution >= 0.6 is 0 Å². The number of fused-ring (bicyclic) bond motifs is 1. The summed E-state index contributed by atoms with van der Waals surface area (Å²) < 4.78 is 20.1. The molecule has 8 radical (unpaired) electrons. The van der Waals surface area contributed by atoms with Crippen LogP contribution in [0.25, 0.3) is 0 Å². The second kappa shape index (κ2) is 9.99. The highest BCUT2D eigenvalue weighted by Gasteiger charge is 2.71. The number of morpholine rings is 1. The lowest BCUT2D eigenvalue weighted by atomic mass is 9.25. The standard InChI is InChI=1S/C25H23B4FN4O7/c26-22(27)20(36)32-21(37)23(38,25(22,28)29)34-19(35)15-2-1-3-17(18(15)24(34,39)40)31-11-14-10-13(4-5-16(14)30)12-33-6-8-41-9-7-33/h1-5,10,31,38-40H,6-9,11-12H2,(H,32,36,37). The first kappa shape index (κ1) is 29.3. The molecule has 2 aromatic carbocycles. The number of nitrogens with one attached hydrogen (secondary N) is 2. The van der Waals surface area contributed by atoms with Crippen LogP contribution in [-0.2, 0) is 33.3 Å². The first-order valence-corrected chi connectivity index (χ1v) is 12.6. The van der Waals surface area contributed by atoms with Gasteiger partial charge in [-0.15, -0.1) is 0 Å². The molecule has 3 aliphatic heterocycles. The van der Waals surface area contributed by atoms with E-state index in [0.717, 1.165) is 18.7 Å². The zero-order valence-electron chi connectivity index (χ0n) is 21.8. The van der Waals surface area contributed by atoms with Crippen LogP contribution in [0.3, 0.4) is 0 Å². The number of ether oxygens (including phenoxy) is 1. The number of hydrogen-bond donors (Lipinski definition) is 5. The van der Waals surface area contributed by atoms with Crippen LogP contribution in [0.4, 0.5) is 10.1 Å². The number of rotatable bonds is 6. The van der Waals surface area contributed by atoms with Gasteiger partial charge in [-0.1, -0.05) is 12.1 Å². The first-order valence-electron chi connectivity index (χ1n) is 12.6. The van der Waals surface area contributed by atoms with Crippen molar-refractivity contribution in [1.29, 1.82) is 0 Å². The van der Waals surface area contributed by atoms with E-state index in [1.54, 1.807) is 17.4 Å². The Morgan fingerprint density at radius 3 is 2.37 bits per heavy atom. The molecule has 16 heteroatoms. The fraction of sp³-hybridized carbons (Fsp3) is 0.400. The number of amides is 3. The smallest absolute Gasteiger partial charge is 0.283 e. The quantitative estimate of drug-likeness (QED) is 0.157. The molecule has 0 aliphatic carbocycles. The summed E-state index contributed by atoms with van der Waals surface area (Å²) in [4.78, 5) is 40.6. The fourth-order valence-corrected chi connectivity index (χ4v) is 5.30. The van der Waals surface area contributed by atoms with E-state index in [1.807, 2.05) is 0 Å². The number of piperidine rings is 1. The third kappa shape index (κ3) is 4.40. The minimum atomic E-state index is -3.53. The highest BCUT2D eigenvalue weighted by Crippen LogP contribution is 2.58. The topological polar surface area (TPSA) is 152 Å². The largest absolute Gasteiger partial charge is 0.380 e. The molecule has 1 unspecified atom stereocenters. The molecular weight excluding hydrogens is 531 g/mol. The fourth-order valence-electron chi connectivity index (χ4n) is 5.30. The molecule has 3 heterocycles. The third-order valence-electron chi connectivity index (χ3n) is 7.74. The lowest BCUT2D eigenvalue weighted by Gasteiger charge is -2.59. The van der Waals surface area contributed by atoms with Crippen molar-refractivity contribution in [2.45, 2.75) is 35.2 Å². The van der Waals surface area contributed by atoms with Gasteiger partial charge >= 0.3 is 0 Å². The van der Waals surface area contributed by atoms with Crippen molar-refractivity contribution in [3.63, 3.8) is 0 Å². The molecule has 0 aromatic heterocycles. The predicted octanol–water partition coefficient (Wildman–Crippen LogP) is -1.93. The van der Waals surface area contributed by atoms with Gasteiger partial charge < -0.3 is 25.4 Å². The molecule has 204 valence electrons. The minimum Gasteiger partial charge on any atom is -0.380 e. The molecule has 3 amide bonds. The lowest BCUT2D eigenvalue weighted by molar-refractivity contribution is -0.305. The van der Waals surface area contributed by atoms with Crippen LogP contribution in [-0.4, -0.2) is 106 Å². The van der Waals surface area contributed by atoms with Gasteiger partial charge in [0.05, 0.1) is 55.7 Å². The zero-order chi connectivity index (χ0) is 30.0. The molecule has 2 aromatic rings. The summed E-state index contributed by atoms with van der Waals surface area (Å²) >= 11 is 0. The average molecular weight is 554 g/mol. The Morgan fingerprint density at radius 2 is 1.68 bits per heavy atom. The summed E-state index contributed by atoms with van der Waals surface area (Å²) in [7, 11) is 23.2. The molecule has 5 rings (SSSR count). The van der Waals surface area contributed by atoms with Gasteiger partial charge in [-0.2, -0.15) is 0 Å². The SMILES string of the molecule is [B]C1([B])C(=O)NC(=O)C(O)(N2C(=O)c3cccc(NCc4cc(CN5CCOCC5)ccc4F)c3C2(O)O)C1([B])[B]. The first-order chi connectivity index (χ1) is 19.1. The Kier molecular flexibility index (Phi) is 7.14. The van der Waals surface area contributed by atoms with Gasteiger partial charge in [-0.05, 0) is 40.3 Å². The number of benzene rings is 2. The van der Waals surface area contributed by atoms with Crippen LogP contribution in [0, 0.1) is 5.82 Å². The molecule has 3 aliphatic rings. The summed E-state index contributed by atoms with van der Waals surface area (Å²) in [5.74, 6) is -8.29. The Hall–Kier alpha value is -3.16. The second-order valence-corrected chi connectivity index (χ2v) is 10.4. The van der Waals surface area contributed by atoms with Gasteiger partial charge in [0.1, 0.15) is 5.82 Å². The van der Waals surface area contributed by atoms with Crippen molar-refractivity contribution in [2.24, 2.45) is 0 Å². The molecule has 1 atom stereocenters. The van der Waals surface area contributed by atoms with Gasteiger partial charge in [0.25, 0.3) is 17.7 Å². The summed E-state index contributed by atoms with van der Waals surface area (Å²) in [6.45, 7) is 3.12. The summed E-state index contributed by atoms with van der Waals surface area (Å²) in [6.07, 6.45) is 0. The molecule has 11 nitrogen and oxygen atoms in total. The molecule has 5 N–H and O–H groups in total. The van der Waals surface area contributed by atoms with E-state index in [4.69, 9.17) is 36.1 Å². The lowest BCUT2D eigenvalue weighted by Crippen LogP contribution is -2.77. The maximum atomic E-state index is 14.7. The summed E-state index contributed by atoms with van der Waals surface area (Å²) in [6, 6.07) is 8.59. The highest BCUT2D eigenvalue weighted by atomic mass is 19.1. The Bertz CT molecular complexity index is 1440. The van der Waals surface area contributed by atoms with Crippen molar-refractivity contribution >= 4 is 54.8 Å². The van der Waals surface area contributed by atoms with E-state index < -0.39 is 51.2 Å².